The van der Waals surface area contributed by atoms with Crippen molar-refractivity contribution in [1.82, 2.24) is 0 Å². The number of ether oxygens (including phenoxy) is 1. The van der Waals surface area contributed by atoms with Gasteiger partial charge >= 0.3 is 5.97 Å². The van der Waals surface area contributed by atoms with E-state index in [1.54, 1.807) is 31.2 Å². The van der Waals surface area contributed by atoms with Crippen LogP contribution in [0.4, 0.5) is 5.69 Å². The minimum Gasteiger partial charge on any atom is -0.480 e. The fraction of sp³-hybridized carbons (Fsp3) is 0.300. The quantitative estimate of drug-likeness (QED) is 0.670. The van der Waals surface area contributed by atoms with Crippen LogP contribution in [-0.2, 0) is 16.1 Å². The largest absolute Gasteiger partial charge is 0.480 e. The van der Waals surface area contributed by atoms with Gasteiger partial charge in [-0.25, -0.2) is 0 Å². The first-order valence-corrected chi connectivity index (χ1v) is 9.25. The summed E-state index contributed by atoms with van der Waals surface area (Å²) in [6.07, 6.45) is 0.133. The molecular weight excluding hydrogens is 350 g/mol. The van der Waals surface area contributed by atoms with Gasteiger partial charge in [-0.3, -0.25) is 9.59 Å². The fourth-order valence-electron chi connectivity index (χ4n) is 2.20. The standard InChI is InChI=1S/C20H23NO4S/c1-13(2)25-12-15-7-6-8-16(11-15)21-19(22)17-9-4-5-10-18(17)26-14(3)20(23)24/h4-11,13-14H,12H2,1-3H3,(H,21,22)(H,23,24). The average Bonchev–Trinajstić information content (AvgIpc) is 2.60. The predicted molar refractivity (Wildman–Crippen MR) is 104 cm³/mol. The molecule has 138 valence electrons. The van der Waals surface area contributed by atoms with Gasteiger partial charge in [0, 0.05) is 10.6 Å². The third-order valence-electron chi connectivity index (χ3n) is 3.55. The van der Waals surface area contributed by atoms with E-state index < -0.39 is 11.2 Å². The Morgan fingerprint density at radius 1 is 1.12 bits per heavy atom. The Hall–Kier alpha value is -2.31. The van der Waals surface area contributed by atoms with E-state index in [9.17, 15) is 9.59 Å². The molecule has 0 radical (unpaired) electrons. The zero-order chi connectivity index (χ0) is 19.1. The number of amides is 1. The van der Waals surface area contributed by atoms with Crippen molar-refractivity contribution in [3.8, 4) is 0 Å². The number of benzene rings is 2. The molecule has 2 aromatic rings. The van der Waals surface area contributed by atoms with Gasteiger partial charge in [-0.15, -0.1) is 11.8 Å². The molecule has 1 unspecified atom stereocenters. The van der Waals surface area contributed by atoms with Gasteiger partial charge in [0.05, 0.1) is 18.3 Å². The number of hydrogen-bond donors (Lipinski definition) is 2. The zero-order valence-electron chi connectivity index (χ0n) is 15.1. The van der Waals surface area contributed by atoms with Crippen molar-refractivity contribution in [2.45, 2.75) is 43.6 Å². The van der Waals surface area contributed by atoms with Gasteiger partial charge in [-0.2, -0.15) is 0 Å². The smallest absolute Gasteiger partial charge is 0.316 e. The zero-order valence-corrected chi connectivity index (χ0v) is 15.9. The van der Waals surface area contributed by atoms with Crippen LogP contribution in [0.25, 0.3) is 0 Å². The normalized spacial score (nSPS) is 12.0. The molecule has 0 aliphatic heterocycles. The number of anilines is 1. The van der Waals surface area contributed by atoms with E-state index >= 15 is 0 Å². The van der Waals surface area contributed by atoms with Crippen molar-refractivity contribution >= 4 is 29.3 Å². The first kappa shape index (κ1) is 20.0. The van der Waals surface area contributed by atoms with E-state index in [1.165, 1.54) is 0 Å². The van der Waals surface area contributed by atoms with E-state index in [0.29, 0.717) is 22.8 Å². The van der Waals surface area contributed by atoms with Crippen LogP contribution in [0, 0.1) is 0 Å². The second-order valence-corrected chi connectivity index (χ2v) is 7.49. The van der Waals surface area contributed by atoms with E-state index in [0.717, 1.165) is 17.3 Å². The Bertz CT molecular complexity index is 776. The summed E-state index contributed by atoms with van der Waals surface area (Å²) in [5.74, 6) is -1.18. The molecule has 0 saturated carbocycles. The van der Waals surface area contributed by atoms with Crippen LogP contribution in [0.5, 0.6) is 0 Å². The minimum atomic E-state index is -0.914. The summed E-state index contributed by atoms with van der Waals surface area (Å²) >= 11 is 1.15. The second kappa shape index (κ2) is 9.40. The summed E-state index contributed by atoms with van der Waals surface area (Å²) in [7, 11) is 0. The number of carboxylic acids is 1. The van der Waals surface area contributed by atoms with E-state index in [4.69, 9.17) is 9.84 Å². The molecular formula is C20H23NO4S. The van der Waals surface area contributed by atoms with Gasteiger partial charge < -0.3 is 15.2 Å². The van der Waals surface area contributed by atoms with Crippen LogP contribution in [0.15, 0.2) is 53.4 Å². The van der Waals surface area contributed by atoms with E-state index in [2.05, 4.69) is 5.32 Å². The number of carbonyl (C=O) groups is 2. The van der Waals surface area contributed by atoms with Crippen molar-refractivity contribution in [2.75, 3.05) is 5.32 Å². The Morgan fingerprint density at radius 3 is 2.54 bits per heavy atom. The van der Waals surface area contributed by atoms with Crippen molar-refractivity contribution in [2.24, 2.45) is 0 Å². The number of nitrogens with one attached hydrogen (secondary N) is 1. The number of aliphatic carboxylic acids is 1. The molecule has 0 saturated heterocycles. The van der Waals surface area contributed by atoms with Crippen LogP contribution in [0.3, 0.4) is 0 Å². The maximum absolute atomic E-state index is 12.7. The van der Waals surface area contributed by atoms with Gasteiger partial charge in [0.25, 0.3) is 5.91 Å². The third kappa shape index (κ3) is 5.89. The number of thioether (sulfide) groups is 1. The molecule has 2 aromatic carbocycles. The minimum absolute atomic E-state index is 0.133. The highest BCUT2D eigenvalue weighted by atomic mass is 32.2. The summed E-state index contributed by atoms with van der Waals surface area (Å²) in [6, 6.07) is 14.5. The maximum Gasteiger partial charge on any atom is 0.316 e. The van der Waals surface area contributed by atoms with E-state index in [-0.39, 0.29) is 12.0 Å². The lowest BCUT2D eigenvalue weighted by molar-refractivity contribution is -0.136. The Balaban J connectivity index is 2.13. The lowest BCUT2D eigenvalue weighted by atomic mass is 10.2. The molecule has 6 heteroatoms. The van der Waals surface area contributed by atoms with Crippen molar-refractivity contribution in [1.29, 1.82) is 0 Å². The molecule has 1 amide bonds. The van der Waals surface area contributed by atoms with Crippen LogP contribution in [0.2, 0.25) is 0 Å². The summed E-state index contributed by atoms with van der Waals surface area (Å²) < 4.78 is 5.59. The number of rotatable bonds is 8. The monoisotopic (exact) mass is 373 g/mol. The molecule has 0 aromatic heterocycles. The first-order chi connectivity index (χ1) is 12.4. The molecule has 1 atom stereocenters. The molecule has 5 nitrogen and oxygen atoms in total. The molecule has 2 rings (SSSR count). The van der Waals surface area contributed by atoms with E-state index in [1.807, 2.05) is 38.1 Å². The topological polar surface area (TPSA) is 75.6 Å². The number of carboxylic acid groups (broad SMARTS) is 1. The van der Waals surface area contributed by atoms with Gasteiger partial charge in [-0.05, 0) is 50.6 Å². The summed E-state index contributed by atoms with van der Waals surface area (Å²) in [5, 5.41) is 11.3. The predicted octanol–water partition coefficient (Wildman–Crippen LogP) is 4.43. The van der Waals surface area contributed by atoms with Gasteiger partial charge in [0.2, 0.25) is 0 Å². The first-order valence-electron chi connectivity index (χ1n) is 8.37. The van der Waals surface area contributed by atoms with Crippen molar-refractivity contribution in [3.05, 3.63) is 59.7 Å². The molecule has 26 heavy (non-hydrogen) atoms. The lowest BCUT2D eigenvalue weighted by Gasteiger charge is -2.13. The van der Waals surface area contributed by atoms with Crippen LogP contribution in [-0.4, -0.2) is 28.3 Å². The molecule has 0 heterocycles. The SMILES string of the molecule is CC(C)OCc1cccc(NC(=O)c2ccccc2SC(C)C(=O)O)c1. The molecule has 0 spiro atoms. The molecule has 2 N–H and O–H groups in total. The summed E-state index contributed by atoms with van der Waals surface area (Å²) in [4.78, 5) is 24.4. The van der Waals surface area contributed by atoms with Crippen molar-refractivity contribution < 1.29 is 19.4 Å². The van der Waals surface area contributed by atoms with Crippen LogP contribution >= 0.6 is 11.8 Å². The Morgan fingerprint density at radius 2 is 1.85 bits per heavy atom. The van der Waals surface area contributed by atoms with Gasteiger partial charge in [0.1, 0.15) is 5.25 Å². The van der Waals surface area contributed by atoms with Gasteiger partial charge in [-0.1, -0.05) is 24.3 Å². The highest BCUT2D eigenvalue weighted by Gasteiger charge is 2.18. The van der Waals surface area contributed by atoms with Gasteiger partial charge in [0.15, 0.2) is 0 Å². The number of carbonyl (C=O) groups excluding carboxylic acids is 1. The molecule has 0 aliphatic carbocycles. The third-order valence-corrected chi connectivity index (χ3v) is 4.72. The highest BCUT2D eigenvalue weighted by molar-refractivity contribution is 8.00. The Labute approximate surface area is 157 Å². The van der Waals surface area contributed by atoms with Crippen molar-refractivity contribution in [3.63, 3.8) is 0 Å². The average molecular weight is 373 g/mol. The Kier molecular flexibility index (Phi) is 7.24. The lowest BCUT2D eigenvalue weighted by Crippen LogP contribution is -2.15. The molecule has 0 aliphatic rings. The van der Waals surface area contributed by atoms with Crippen LogP contribution < -0.4 is 5.32 Å². The fourth-order valence-corrected chi connectivity index (χ4v) is 3.12. The summed E-state index contributed by atoms with van der Waals surface area (Å²) in [6.45, 7) is 6.01. The highest BCUT2D eigenvalue weighted by Crippen LogP contribution is 2.27. The number of hydrogen-bond acceptors (Lipinski definition) is 4. The molecule has 0 fully saturated rings. The summed E-state index contributed by atoms with van der Waals surface area (Å²) in [5.41, 5.74) is 2.10. The van der Waals surface area contributed by atoms with Crippen LogP contribution in [0.1, 0.15) is 36.7 Å². The molecule has 0 bridgehead atoms. The maximum atomic E-state index is 12.7. The second-order valence-electron chi connectivity index (χ2n) is 6.11.